The number of carbonyl (C=O) groups excluding carboxylic acids is 3. The molecule has 6 nitrogen and oxygen atoms in total. The maximum absolute atomic E-state index is 12.7. The average Bonchev–Trinajstić information content (AvgIpc) is 2.87. The summed E-state index contributed by atoms with van der Waals surface area (Å²) < 4.78 is 5.12. The van der Waals surface area contributed by atoms with Gasteiger partial charge < -0.3 is 10.1 Å². The van der Waals surface area contributed by atoms with Gasteiger partial charge in [-0.1, -0.05) is 43.3 Å². The minimum Gasteiger partial charge on any atom is -0.460 e. The summed E-state index contributed by atoms with van der Waals surface area (Å²) in [5.41, 5.74) is 0.183. The van der Waals surface area contributed by atoms with Crippen molar-refractivity contribution in [2.24, 2.45) is 5.92 Å². The maximum atomic E-state index is 12.7. The van der Waals surface area contributed by atoms with E-state index in [1.54, 1.807) is 6.08 Å². The molecule has 1 aliphatic heterocycles. The standard InChI is InChI=1S/C20H24N2O4/c1-15-9-11-20(12-10-15)18(24)22(19(25)21-20)14-17(23)26-13-5-8-16-6-3-2-4-7-16/h2-8,15H,9-14H2,1H3,(H,21,25)/b8-5+. The normalized spacial score (nSPS) is 25.7. The number of ether oxygens (including phenoxy) is 1. The van der Waals surface area contributed by atoms with E-state index in [0.29, 0.717) is 18.8 Å². The Morgan fingerprint density at radius 2 is 1.96 bits per heavy atom. The summed E-state index contributed by atoms with van der Waals surface area (Å²) in [5.74, 6) is -0.334. The van der Waals surface area contributed by atoms with Gasteiger partial charge in [-0.15, -0.1) is 0 Å². The van der Waals surface area contributed by atoms with Gasteiger partial charge in [0.1, 0.15) is 18.7 Å². The lowest BCUT2D eigenvalue weighted by molar-refractivity contribution is -0.147. The van der Waals surface area contributed by atoms with Gasteiger partial charge in [-0.3, -0.25) is 14.5 Å². The Bertz CT molecular complexity index is 706. The van der Waals surface area contributed by atoms with Crippen LogP contribution in [-0.4, -0.2) is 41.5 Å². The van der Waals surface area contributed by atoms with E-state index in [0.717, 1.165) is 23.3 Å². The fourth-order valence-electron chi connectivity index (χ4n) is 3.48. The van der Waals surface area contributed by atoms with Gasteiger partial charge in [-0.25, -0.2) is 4.79 Å². The van der Waals surface area contributed by atoms with E-state index < -0.39 is 17.5 Å². The predicted molar refractivity (Wildman–Crippen MR) is 97.0 cm³/mol. The zero-order valence-corrected chi connectivity index (χ0v) is 14.9. The number of hydrogen-bond donors (Lipinski definition) is 1. The van der Waals surface area contributed by atoms with E-state index >= 15 is 0 Å². The lowest BCUT2D eigenvalue weighted by Crippen LogP contribution is -2.49. The van der Waals surface area contributed by atoms with E-state index in [-0.39, 0.29) is 19.1 Å². The first kappa shape index (κ1) is 18.2. The molecule has 0 atom stereocenters. The van der Waals surface area contributed by atoms with Gasteiger partial charge in [-0.05, 0) is 43.2 Å². The molecule has 0 unspecified atom stereocenters. The van der Waals surface area contributed by atoms with Gasteiger partial charge in [0.05, 0.1) is 0 Å². The molecule has 26 heavy (non-hydrogen) atoms. The number of esters is 1. The monoisotopic (exact) mass is 356 g/mol. The highest BCUT2D eigenvalue weighted by Gasteiger charge is 2.52. The van der Waals surface area contributed by atoms with E-state index in [1.165, 1.54) is 0 Å². The molecule has 1 heterocycles. The zero-order chi connectivity index (χ0) is 18.6. The molecule has 1 spiro atoms. The third-order valence-electron chi connectivity index (χ3n) is 5.11. The number of carbonyl (C=O) groups is 3. The highest BCUT2D eigenvalue weighted by atomic mass is 16.5. The topological polar surface area (TPSA) is 75.7 Å². The van der Waals surface area contributed by atoms with Crippen LogP contribution in [0.25, 0.3) is 6.08 Å². The van der Waals surface area contributed by atoms with E-state index in [2.05, 4.69) is 12.2 Å². The molecule has 2 fully saturated rings. The summed E-state index contributed by atoms with van der Waals surface area (Å²) in [7, 11) is 0. The van der Waals surface area contributed by atoms with Crippen molar-refractivity contribution in [3.63, 3.8) is 0 Å². The molecule has 138 valence electrons. The molecule has 0 radical (unpaired) electrons. The van der Waals surface area contributed by atoms with Gasteiger partial charge in [0, 0.05) is 0 Å². The Morgan fingerprint density at radius 3 is 2.65 bits per heavy atom. The first-order valence-electron chi connectivity index (χ1n) is 9.01. The van der Waals surface area contributed by atoms with Gasteiger partial charge in [0.25, 0.3) is 5.91 Å². The summed E-state index contributed by atoms with van der Waals surface area (Å²) in [6.07, 6.45) is 6.62. The van der Waals surface area contributed by atoms with Crippen LogP contribution >= 0.6 is 0 Å². The largest absolute Gasteiger partial charge is 0.460 e. The van der Waals surface area contributed by atoms with Crippen molar-refractivity contribution in [2.75, 3.05) is 13.2 Å². The Morgan fingerprint density at radius 1 is 1.27 bits per heavy atom. The van der Waals surface area contributed by atoms with Gasteiger partial charge in [0.2, 0.25) is 0 Å². The zero-order valence-electron chi connectivity index (χ0n) is 14.9. The molecule has 6 heteroatoms. The van der Waals surface area contributed by atoms with Crippen LogP contribution in [-0.2, 0) is 14.3 Å². The van der Waals surface area contributed by atoms with Crippen LogP contribution in [0.15, 0.2) is 36.4 Å². The fourth-order valence-corrected chi connectivity index (χ4v) is 3.48. The van der Waals surface area contributed by atoms with Crippen LogP contribution in [0.2, 0.25) is 0 Å². The van der Waals surface area contributed by atoms with Crippen molar-refractivity contribution in [1.29, 1.82) is 0 Å². The van der Waals surface area contributed by atoms with Crippen LogP contribution in [0.4, 0.5) is 4.79 Å². The van der Waals surface area contributed by atoms with Crippen molar-refractivity contribution < 1.29 is 19.1 Å². The first-order valence-corrected chi connectivity index (χ1v) is 9.01. The highest BCUT2D eigenvalue weighted by Crippen LogP contribution is 2.36. The van der Waals surface area contributed by atoms with E-state index in [1.807, 2.05) is 36.4 Å². The van der Waals surface area contributed by atoms with Crippen molar-refractivity contribution >= 4 is 24.0 Å². The number of urea groups is 1. The smallest absolute Gasteiger partial charge is 0.326 e. The summed E-state index contributed by atoms with van der Waals surface area (Å²) >= 11 is 0. The number of nitrogens with one attached hydrogen (secondary N) is 1. The molecular formula is C20H24N2O4. The first-order chi connectivity index (χ1) is 12.5. The summed E-state index contributed by atoms with van der Waals surface area (Å²) in [6.45, 7) is 1.90. The lowest BCUT2D eigenvalue weighted by Gasteiger charge is -2.33. The molecule has 0 aromatic heterocycles. The van der Waals surface area contributed by atoms with Crippen LogP contribution in [0.3, 0.4) is 0 Å². The third-order valence-corrected chi connectivity index (χ3v) is 5.11. The molecule has 1 saturated carbocycles. The lowest BCUT2D eigenvalue weighted by atomic mass is 9.77. The SMILES string of the molecule is CC1CCC2(CC1)NC(=O)N(CC(=O)OC/C=C/c1ccccc1)C2=O. The van der Waals surface area contributed by atoms with Crippen molar-refractivity contribution in [1.82, 2.24) is 10.2 Å². The quantitative estimate of drug-likeness (QED) is 0.650. The molecule has 1 aliphatic carbocycles. The van der Waals surface area contributed by atoms with Crippen molar-refractivity contribution in [3.8, 4) is 0 Å². The van der Waals surface area contributed by atoms with Gasteiger partial charge in [-0.2, -0.15) is 0 Å². The molecule has 1 N–H and O–H groups in total. The van der Waals surface area contributed by atoms with Crippen LogP contribution in [0, 0.1) is 5.92 Å². The minimum atomic E-state index is -0.822. The second-order valence-corrected chi connectivity index (χ2v) is 7.08. The van der Waals surface area contributed by atoms with Gasteiger partial charge >= 0.3 is 12.0 Å². The fraction of sp³-hybridized carbons (Fsp3) is 0.450. The Balaban J connectivity index is 1.50. The van der Waals surface area contributed by atoms with Crippen LogP contribution < -0.4 is 5.32 Å². The molecule has 0 bridgehead atoms. The van der Waals surface area contributed by atoms with Gasteiger partial charge in [0.15, 0.2) is 0 Å². The molecule has 1 aromatic carbocycles. The number of rotatable bonds is 5. The Labute approximate surface area is 153 Å². The van der Waals surface area contributed by atoms with E-state index in [4.69, 9.17) is 4.74 Å². The predicted octanol–water partition coefficient (Wildman–Crippen LogP) is 2.74. The number of imide groups is 1. The molecule has 3 rings (SSSR count). The highest BCUT2D eigenvalue weighted by molar-refractivity contribution is 6.08. The summed E-state index contributed by atoms with van der Waals surface area (Å²) in [6, 6.07) is 9.15. The maximum Gasteiger partial charge on any atom is 0.326 e. The second-order valence-electron chi connectivity index (χ2n) is 7.08. The molecule has 3 amide bonds. The van der Waals surface area contributed by atoms with Crippen LogP contribution in [0.5, 0.6) is 0 Å². The number of nitrogens with zero attached hydrogens (tertiary/aromatic N) is 1. The summed E-state index contributed by atoms with van der Waals surface area (Å²) in [5, 5.41) is 2.80. The minimum absolute atomic E-state index is 0.0973. The van der Waals surface area contributed by atoms with E-state index in [9.17, 15) is 14.4 Å². The third kappa shape index (κ3) is 3.95. The average molecular weight is 356 g/mol. The Hall–Kier alpha value is -2.63. The van der Waals surface area contributed by atoms with Crippen molar-refractivity contribution in [3.05, 3.63) is 42.0 Å². The Kier molecular flexibility index (Phi) is 5.40. The molecule has 2 aliphatic rings. The number of amides is 3. The number of benzene rings is 1. The second kappa shape index (κ2) is 7.72. The van der Waals surface area contributed by atoms with Crippen LogP contribution in [0.1, 0.15) is 38.2 Å². The van der Waals surface area contributed by atoms with Crippen molar-refractivity contribution in [2.45, 2.75) is 38.1 Å². The molecule has 1 saturated heterocycles. The number of hydrogen-bond acceptors (Lipinski definition) is 4. The summed E-state index contributed by atoms with van der Waals surface area (Å²) in [4.78, 5) is 37.8. The molecule has 1 aromatic rings. The molecular weight excluding hydrogens is 332 g/mol.